The molecule has 0 atom stereocenters. The molecule has 0 spiro atoms. The van der Waals surface area contributed by atoms with E-state index in [1.165, 1.54) is 11.1 Å². The molecule has 2 N–H and O–H groups in total. The number of nitrogens with zero attached hydrogens (tertiary/aromatic N) is 1. The number of ether oxygens (including phenoxy) is 1. The summed E-state index contributed by atoms with van der Waals surface area (Å²) >= 11 is 0. The maximum absolute atomic E-state index is 4.99. The zero-order chi connectivity index (χ0) is 13.9. The molecule has 0 unspecified atom stereocenters. The van der Waals surface area contributed by atoms with Crippen LogP contribution in [0.4, 0.5) is 0 Å². The maximum Gasteiger partial charge on any atom is 0.191 e. The van der Waals surface area contributed by atoms with Gasteiger partial charge in [0, 0.05) is 27.2 Å². The van der Waals surface area contributed by atoms with Crippen molar-refractivity contribution in [3.8, 4) is 0 Å². The Morgan fingerprint density at radius 2 is 1.74 bits per heavy atom. The summed E-state index contributed by atoms with van der Waals surface area (Å²) in [5.41, 5.74) is 2.73. The third-order valence-electron chi connectivity index (χ3n) is 2.96. The van der Waals surface area contributed by atoms with E-state index in [1.807, 2.05) is 0 Å². The molecule has 1 aromatic carbocycles. The summed E-state index contributed by atoms with van der Waals surface area (Å²) in [7, 11) is 3.47. The summed E-state index contributed by atoms with van der Waals surface area (Å²) in [6, 6.07) is 8.78. The number of methoxy groups -OCH3 is 1. The molecule has 0 heterocycles. The van der Waals surface area contributed by atoms with Crippen LogP contribution in [0.15, 0.2) is 29.3 Å². The molecule has 1 aromatic rings. The zero-order valence-electron chi connectivity index (χ0n) is 12.2. The molecule has 106 valence electrons. The average molecular weight is 263 g/mol. The van der Waals surface area contributed by atoms with Crippen LogP contribution >= 0.6 is 0 Å². The predicted molar refractivity (Wildman–Crippen MR) is 80.8 cm³/mol. The number of aryl methyl sites for hydroxylation is 1. The molecule has 0 bridgehead atoms. The van der Waals surface area contributed by atoms with E-state index in [0.29, 0.717) is 6.61 Å². The van der Waals surface area contributed by atoms with Gasteiger partial charge in [-0.3, -0.25) is 4.99 Å². The summed E-state index contributed by atoms with van der Waals surface area (Å²) in [4.78, 5) is 4.16. The van der Waals surface area contributed by atoms with Gasteiger partial charge in [-0.25, -0.2) is 0 Å². The fourth-order valence-corrected chi connectivity index (χ4v) is 1.76. The highest BCUT2D eigenvalue weighted by Crippen LogP contribution is 2.05. The molecule has 0 saturated carbocycles. The van der Waals surface area contributed by atoms with Crippen molar-refractivity contribution in [2.24, 2.45) is 4.99 Å². The van der Waals surface area contributed by atoms with Gasteiger partial charge in [0.25, 0.3) is 0 Å². The summed E-state index contributed by atoms with van der Waals surface area (Å²) in [5, 5.41) is 6.48. The van der Waals surface area contributed by atoms with E-state index in [2.05, 4.69) is 46.8 Å². The van der Waals surface area contributed by atoms with Crippen molar-refractivity contribution in [2.75, 3.05) is 33.9 Å². The van der Waals surface area contributed by atoms with E-state index in [0.717, 1.165) is 31.9 Å². The van der Waals surface area contributed by atoms with Crippen LogP contribution in [0.2, 0.25) is 0 Å². The normalized spacial score (nSPS) is 11.4. The highest BCUT2D eigenvalue weighted by atomic mass is 16.5. The van der Waals surface area contributed by atoms with E-state index in [-0.39, 0.29) is 0 Å². The van der Waals surface area contributed by atoms with Gasteiger partial charge in [0.15, 0.2) is 5.96 Å². The van der Waals surface area contributed by atoms with Gasteiger partial charge in [0.1, 0.15) is 0 Å². The summed E-state index contributed by atoms with van der Waals surface area (Å²) < 4.78 is 4.99. The lowest BCUT2D eigenvalue weighted by Crippen LogP contribution is -2.39. The monoisotopic (exact) mass is 263 g/mol. The van der Waals surface area contributed by atoms with Crippen molar-refractivity contribution in [2.45, 2.75) is 19.8 Å². The minimum atomic E-state index is 0.680. The van der Waals surface area contributed by atoms with E-state index in [4.69, 9.17) is 4.74 Å². The van der Waals surface area contributed by atoms with Crippen molar-refractivity contribution in [3.63, 3.8) is 0 Å². The SMILES string of the molecule is CCc1ccc(CCNC(=NC)NCCOC)cc1. The van der Waals surface area contributed by atoms with Crippen LogP contribution < -0.4 is 10.6 Å². The summed E-state index contributed by atoms with van der Waals surface area (Å²) in [6.45, 7) is 4.49. The number of nitrogens with one attached hydrogen (secondary N) is 2. The lowest BCUT2D eigenvalue weighted by Gasteiger charge is -2.11. The van der Waals surface area contributed by atoms with Gasteiger partial charge in [-0.15, -0.1) is 0 Å². The lowest BCUT2D eigenvalue weighted by atomic mass is 10.1. The number of benzene rings is 1. The largest absolute Gasteiger partial charge is 0.383 e. The molecular formula is C15H25N3O. The van der Waals surface area contributed by atoms with E-state index < -0.39 is 0 Å². The van der Waals surface area contributed by atoms with E-state index >= 15 is 0 Å². The van der Waals surface area contributed by atoms with E-state index in [1.54, 1.807) is 14.2 Å². The highest BCUT2D eigenvalue weighted by molar-refractivity contribution is 5.79. The smallest absolute Gasteiger partial charge is 0.191 e. The highest BCUT2D eigenvalue weighted by Gasteiger charge is 1.97. The van der Waals surface area contributed by atoms with Crippen molar-refractivity contribution in [1.29, 1.82) is 0 Å². The zero-order valence-corrected chi connectivity index (χ0v) is 12.2. The Labute approximate surface area is 116 Å². The fourth-order valence-electron chi connectivity index (χ4n) is 1.76. The number of hydrogen-bond donors (Lipinski definition) is 2. The van der Waals surface area contributed by atoms with Gasteiger partial charge < -0.3 is 15.4 Å². The molecule has 0 aliphatic heterocycles. The maximum atomic E-state index is 4.99. The first-order valence-electron chi connectivity index (χ1n) is 6.81. The summed E-state index contributed by atoms with van der Waals surface area (Å²) in [5.74, 6) is 0.822. The quantitative estimate of drug-likeness (QED) is 0.446. The van der Waals surface area contributed by atoms with Gasteiger partial charge in [0.05, 0.1) is 6.61 Å². The molecular weight excluding hydrogens is 238 g/mol. The molecule has 0 amide bonds. The second-order valence-corrected chi connectivity index (χ2v) is 4.34. The molecule has 4 nitrogen and oxygen atoms in total. The average Bonchev–Trinajstić information content (AvgIpc) is 2.46. The molecule has 19 heavy (non-hydrogen) atoms. The molecule has 0 aromatic heterocycles. The van der Waals surface area contributed by atoms with Crippen LogP contribution in [-0.4, -0.2) is 39.8 Å². The Morgan fingerprint density at radius 3 is 2.32 bits per heavy atom. The van der Waals surface area contributed by atoms with Crippen LogP contribution in [0.3, 0.4) is 0 Å². The Kier molecular flexibility index (Phi) is 7.66. The molecule has 0 aliphatic rings. The number of guanidine groups is 1. The lowest BCUT2D eigenvalue weighted by molar-refractivity contribution is 0.203. The third kappa shape index (κ3) is 6.25. The minimum absolute atomic E-state index is 0.680. The first kappa shape index (κ1) is 15.5. The molecule has 0 saturated heterocycles. The molecule has 4 heteroatoms. The minimum Gasteiger partial charge on any atom is -0.383 e. The Morgan fingerprint density at radius 1 is 1.11 bits per heavy atom. The van der Waals surface area contributed by atoms with Crippen molar-refractivity contribution < 1.29 is 4.74 Å². The van der Waals surface area contributed by atoms with E-state index in [9.17, 15) is 0 Å². The number of aliphatic imine (C=N–C) groups is 1. The first-order valence-corrected chi connectivity index (χ1v) is 6.81. The van der Waals surface area contributed by atoms with Crippen molar-refractivity contribution >= 4 is 5.96 Å². The molecule has 0 aliphatic carbocycles. The van der Waals surface area contributed by atoms with Crippen molar-refractivity contribution in [3.05, 3.63) is 35.4 Å². The van der Waals surface area contributed by atoms with Crippen LogP contribution in [0.25, 0.3) is 0 Å². The van der Waals surface area contributed by atoms with Crippen LogP contribution in [0.5, 0.6) is 0 Å². The Balaban J connectivity index is 2.27. The second kappa shape index (κ2) is 9.39. The van der Waals surface area contributed by atoms with Gasteiger partial charge >= 0.3 is 0 Å². The van der Waals surface area contributed by atoms with Gasteiger partial charge in [-0.2, -0.15) is 0 Å². The van der Waals surface area contributed by atoms with Crippen LogP contribution in [0, 0.1) is 0 Å². The first-order chi connectivity index (χ1) is 9.30. The molecule has 0 radical (unpaired) electrons. The van der Waals surface area contributed by atoms with Crippen LogP contribution in [-0.2, 0) is 17.6 Å². The Hall–Kier alpha value is -1.55. The van der Waals surface area contributed by atoms with Crippen LogP contribution in [0.1, 0.15) is 18.1 Å². The Bertz CT molecular complexity index is 373. The topological polar surface area (TPSA) is 45.7 Å². The fraction of sp³-hybridized carbons (Fsp3) is 0.533. The van der Waals surface area contributed by atoms with Gasteiger partial charge in [-0.05, 0) is 24.0 Å². The number of rotatable bonds is 7. The van der Waals surface area contributed by atoms with Gasteiger partial charge in [-0.1, -0.05) is 31.2 Å². The number of hydrogen-bond acceptors (Lipinski definition) is 2. The summed E-state index contributed by atoms with van der Waals surface area (Å²) in [6.07, 6.45) is 2.09. The third-order valence-corrected chi connectivity index (χ3v) is 2.96. The second-order valence-electron chi connectivity index (χ2n) is 4.34. The van der Waals surface area contributed by atoms with Crippen molar-refractivity contribution in [1.82, 2.24) is 10.6 Å². The molecule has 1 rings (SSSR count). The molecule has 0 fully saturated rings. The van der Waals surface area contributed by atoms with Gasteiger partial charge in [0.2, 0.25) is 0 Å². The standard InChI is InChI=1S/C15H25N3O/c1-4-13-5-7-14(8-6-13)9-10-17-15(16-2)18-11-12-19-3/h5-8H,4,9-12H2,1-3H3,(H2,16,17,18). The predicted octanol–water partition coefficient (Wildman–Crippen LogP) is 1.60.